The summed E-state index contributed by atoms with van der Waals surface area (Å²) < 4.78 is 20.0. The van der Waals surface area contributed by atoms with Crippen LogP contribution in [0, 0.1) is 0 Å². The first-order valence-corrected chi connectivity index (χ1v) is 23.8. The molecule has 2 aliphatic rings. The summed E-state index contributed by atoms with van der Waals surface area (Å²) in [6.45, 7) is 8.72. The zero-order valence-electron chi connectivity index (χ0n) is 37.8. The second kappa shape index (κ2) is 26.1. The van der Waals surface area contributed by atoms with Crippen molar-refractivity contribution in [1.82, 2.24) is 24.9 Å². The number of hydrogen-bond donors (Lipinski definition) is 3. The molecular formula is C54H71N5O3. The van der Waals surface area contributed by atoms with Gasteiger partial charge in [-0.1, -0.05) is 117 Å². The standard InChI is InChI=1S/C50H66N4O3.C4H5N/c1-4-7-10-13-16-19-28-55-48-31-38(32-49(56-29-20-17-14-11-8-5-2)50(48)57-30-21-18-15-12-9-6-3)46-36-45-35-43-25-24-41(52-43)33-39-22-23-40(51-39)34-42-26-27-44(53-42)37-47(46)54-45;1-2-4-5-3-1/h22-27,31-37,51-52H,4-21,28-30H2,1-3H3;1-5H. The molecule has 0 amide bonds. The van der Waals surface area contributed by atoms with Crippen LogP contribution in [0.5, 0.6) is 17.2 Å². The average molecular weight is 838 g/mol. The van der Waals surface area contributed by atoms with Crippen LogP contribution in [0.15, 0.2) is 85.2 Å². The summed E-state index contributed by atoms with van der Waals surface area (Å²) in [4.78, 5) is 20.0. The van der Waals surface area contributed by atoms with Gasteiger partial charge in [-0.05, 0) is 116 Å². The normalized spacial score (nSPS) is 11.9. The fraction of sp³-hybridized carbons (Fsp3) is 0.444. The predicted octanol–water partition coefficient (Wildman–Crippen LogP) is 15.3. The van der Waals surface area contributed by atoms with Crippen LogP contribution in [0.1, 0.15) is 165 Å². The van der Waals surface area contributed by atoms with Crippen molar-refractivity contribution in [2.75, 3.05) is 19.8 Å². The molecule has 0 radical (unpaired) electrons. The summed E-state index contributed by atoms with van der Waals surface area (Å²) in [5.74, 6) is 2.23. The fourth-order valence-electron chi connectivity index (χ4n) is 7.80. The molecule has 0 unspecified atom stereocenters. The van der Waals surface area contributed by atoms with Gasteiger partial charge in [0.25, 0.3) is 0 Å². The highest BCUT2D eigenvalue weighted by Gasteiger charge is 2.21. The Morgan fingerprint density at radius 2 is 0.903 bits per heavy atom. The lowest BCUT2D eigenvalue weighted by Crippen LogP contribution is -2.07. The maximum Gasteiger partial charge on any atom is 0.203 e. The number of nitrogens with one attached hydrogen (secondary N) is 3. The number of benzene rings is 1. The number of aromatic nitrogens is 5. The number of H-pyrrole nitrogens is 3. The largest absolute Gasteiger partial charge is 0.490 e. The molecule has 0 saturated carbocycles. The Morgan fingerprint density at radius 3 is 1.40 bits per heavy atom. The Hall–Kier alpha value is -5.50. The fourth-order valence-corrected chi connectivity index (χ4v) is 7.80. The van der Waals surface area contributed by atoms with E-state index in [0.717, 1.165) is 105 Å². The van der Waals surface area contributed by atoms with Gasteiger partial charge in [-0.2, -0.15) is 0 Å². The van der Waals surface area contributed by atoms with Crippen LogP contribution in [-0.2, 0) is 0 Å². The molecule has 3 N–H and O–H groups in total. The van der Waals surface area contributed by atoms with Crippen LogP contribution < -0.4 is 14.2 Å². The second-order valence-corrected chi connectivity index (χ2v) is 16.6. The van der Waals surface area contributed by atoms with Crippen molar-refractivity contribution in [3.63, 3.8) is 0 Å². The summed E-state index contributed by atoms with van der Waals surface area (Å²) in [5, 5.41) is 0. The molecule has 0 saturated heterocycles. The highest BCUT2D eigenvalue weighted by Crippen LogP contribution is 2.43. The molecule has 62 heavy (non-hydrogen) atoms. The lowest BCUT2D eigenvalue weighted by atomic mass is 10.0. The molecule has 0 spiro atoms. The Bertz CT molecular complexity index is 2230. The van der Waals surface area contributed by atoms with E-state index in [1.54, 1.807) is 0 Å². The minimum absolute atomic E-state index is 0.641. The molecule has 7 rings (SSSR count). The maximum absolute atomic E-state index is 6.68. The van der Waals surface area contributed by atoms with Crippen LogP contribution in [-0.4, -0.2) is 44.7 Å². The SMILES string of the molecule is CCCCCCCCOc1cc(C2=Cc3cc4ccc(cc5ccc(cc6nc(cc2n3)C=C6)[nH]5)[nH]4)cc(OCCCCCCCC)c1OCCCCCCCC.c1cc[nH]c1. The van der Waals surface area contributed by atoms with E-state index in [0.29, 0.717) is 19.8 Å². The molecule has 6 heterocycles. The molecule has 0 fully saturated rings. The van der Waals surface area contributed by atoms with Crippen molar-refractivity contribution < 1.29 is 14.2 Å². The topological polar surface area (TPSA) is 101 Å². The third kappa shape index (κ3) is 15.1. The molecule has 2 aliphatic heterocycles. The Kier molecular flexibility index (Phi) is 19.4. The van der Waals surface area contributed by atoms with Gasteiger partial charge >= 0.3 is 0 Å². The smallest absolute Gasteiger partial charge is 0.203 e. The molecule has 1 aromatic carbocycles. The minimum Gasteiger partial charge on any atom is -0.490 e. The minimum atomic E-state index is 0.641. The molecule has 330 valence electrons. The van der Waals surface area contributed by atoms with Crippen LogP contribution in [0.3, 0.4) is 0 Å². The van der Waals surface area contributed by atoms with Crippen molar-refractivity contribution >= 4 is 45.9 Å². The molecule has 8 nitrogen and oxygen atoms in total. The average Bonchev–Trinajstić information content (AvgIpc) is 4.15. The zero-order chi connectivity index (χ0) is 43.0. The van der Waals surface area contributed by atoms with Gasteiger partial charge in [0.05, 0.1) is 42.6 Å². The Labute approximate surface area is 370 Å². The van der Waals surface area contributed by atoms with Gasteiger partial charge < -0.3 is 29.2 Å². The highest BCUT2D eigenvalue weighted by atomic mass is 16.5. The van der Waals surface area contributed by atoms with Crippen molar-refractivity contribution in [3.8, 4) is 17.2 Å². The third-order valence-corrected chi connectivity index (χ3v) is 11.2. The number of fused-ring (bicyclic) bond motifs is 8. The molecule has 8 bridgehead atoms. The van der Waals surface area contributed by atoms with Crippen molar-refractivity contribution in [2.24, 2.45) is 0 Å². The first-order chi connectivity index (χ1) is 30.6. The van der Waals surface area contributed by atoms with E-state index in [1.807, 2.05) is 24.5 Å². The first-order valence-electron chi connectivity index (χ1n) is 23.8. The number of hydrogen-bond acceptors (Lipinski definition) is 5. The molecule has 4 aromatic heterocycles. The van der Waals surface area contributed by atoms with Crippen LogP contribution in [0.25, 0.3) is 45.9 Å². The van der Waals surface area contributed by atoms with Crippen molar-refractivity contribution in [1.29, 1.82) is 0 Å². The van der Waals surface area contributed by atoms with Gasteiger partial charge in [0.15, 0.2) is 11.5 Å². The van der Waals surface area contributed by atoms with E-state index in [1.165, 1.54) is 83.5 Å². The van der Waals surface area contributed by atoms with Gasteiger partial charge in [0.2, 0.25) is 5.75 Å². The number of aromatic amines is 3. The quantitative estimate of drug-likeness (QED) is 0.0498. The molecule has 0 aliphatic carbocycles. The van der Waals surface area contributed by atoms with E-state index in [9.17, 15) is 0 Å². The molecule has 5 aromatic rings. The number of ether oxygens (including phenoxy) is 3. The van der Waals surface area contributed by atoms with Crippen LogP contribution in [0.4, 0.5) is 0 Å². The van der Waals surface area contributed by atoms with E-state index >= 15 is 0 Å². The van der Waals surface area contributed by atoms with Gasteiger partial charge in [0, 0.05) is 40.0 Å². The summed E-state index contributed by atoms with van der Waals surface area (Å²) in [7, 11) is 0. The number of nitrogens with zero attached hydrogens (tertiary/aromatic N) is 2. The molecule has 8 heteroatoms. The molecule has 0 atom stereocenters. The summed E-state index contributed by atoms with van der Waals surface area (Å²) in [6, 6.07) is 24.9. The predicted molar refractivity (Wildman–Crippen MR) is 261 cm³/mol. The maximum atomic E-state index is 6.68. The summed E-state index contributed by atoms with van der Waals surface area (Å²) in [6.07, 6.45) is 31.8. The number of rotatable bonds is 25. The number of unbranched alkanes of at least 4 members (excludes halogenated alkanes) is 15. The lowest BCUT2D eigenvalue weighted by molar-refractivity contribution is 0.234. The van der Waals surface area contributed by atoms with E-state index in [-0.39, 0.29) is 0 Å². The van der Waals surface area contributed by atoms with E-state index < -0.39 is 0 Å². The third-order valence-electron chi connectivity index (χ3n) is 11.2. The second-order valence-electron chi connectivity index (χ2n) is 16.6. The van der Waals surface area contributed by atoms with Gasteiger partial charge in [-0.3, -0.25) is 0 Å². The van der Waals surface area contributed by atoms with Crippen LogP contribution >= 0.6 is 0 Å². The Balaban J connectivity index is 0.00000120. The van der Waals surface area contributed by atoms with Gasteiger partial charge in [0.1, 0.15) is 0 Å². The van der Waals surface area contributed by atoms with E-state index in [2.05, 4.69) is 115 Å². The van der Waals surface area contributed by atoms with Crippen LogP contribution in [0.2, 0.25) is 0 Å². The van der Waals surface area contributed by atoms with E-state index in [4.69, 9.17) is 24.2 Å². The van der Waals surface area contributed by atoms with Crippen molar-refractivity contribution in [2.45, 2.75) is 136 Å². The first kappa shape index (κ1) is 46.0. The van der Waals surface area contributed by atoms with Crippen molar-refractivity contribution in [3.05, 3.63) is 114 Å². The monoisotopic (exact) mass is 838 g/mol. The van der Waals surface area contributed by atoms with Gasteiger partial charge in [-0.25, -0.2) is 9.97 Å². The highest BCUT2D eigenvalue weighted by molar-refractivity contribution is 5.94. The zero-order valence-corrected chi connectivity index (χ0v) is 37.8. The molecular weight excluding hydrogens is 767 g/mol. The lowest BCUT2D eigenvalue weighted by Gasteiger charge is -2.19. The summed E-state index contributed by atoms with van der Waals surface area (Å²) >= 11 is 0. The Morgan fingerprint density at radius 1 is 0.452 bits per heavy atom. The van der Waals surface area contributed by atoms with Gasteiger partial charge in [-0.15, -0.1) is 0 Å². The summed E-state index contributed by atoms with van der Waals surface area (Å²) in [5.41, 5.74) is 9.50.